The molecule has 4 aromatic rings. The van der Waals surface area contributed by atoms with Gasteiger partial charge >= 0.3 is 0 Å². The van der Waals surface area contributed by atoms with Gasteiger partial charge in [-0.1, -0.05) is 19.1 Å². The number of anilines is 1. The minimum Gasteiger partial charge on any atom is -0.352 e. The molecule has 9 nitrogen and oxygen atoms in total. The number of carbonyl (C=O) groups excluding carboxylic acids is 1. The molecule has 0 aliphatic heterocycles. The highest BCUT2D eigenvalue weighted by atomic mass is 32.2. The van der Waals surface area contributed by atoms with Crippen molar-refractivity contribution in [1.29, 1.82) is 0 Å². The van der Waals surface area contributed by atoms with Crippen LogP contribution in [0.4, 0.5) is 5.69 Å². The number of hydrogen-bond acceptors (Lipinski definition) is 5. The number of hydrogen-bond donors (Lipinski definition) is 3. The van der Waals surface area contributed by atoms with Crippen LogP contribution in [0.5, 0.6) is 0 Å². The van der Waals surface area contributed by atoms with E-state index in [4.69, 9.17) is 0 Å². The van der Waals surface area contributed by atoms with Crippen LogP contribution in [-0.2, 0) is 17.1 Å². The zero-order chi connectivity index (χ0) is 22.0. The summed E-state index contributed by atoms with van der Waals surface area (Å²) in [6.45, 7) is 2.64. The van der Waals surface area contributed by atoms with Gasteiger partial charge < -0.3 is 14.9 Å². The predicted molar refractivity (Wildman–Crippen MR) is 118 cm³/mol. The van der Waals surface area contributed by atoms with Crippen molar-refractivity contribution in [2.75, 3.05) is 11.3 Å². The van der Waals surface area contributed by atoms with E-state index in [0.717, 1.165) is 17.5 Å². The molecular weight excluding hydrogens is 416 g/mol. The molecule has 160 valence electrons. The molecule has 0 saturated heterocycles. The Morgan fingerprint density at radius 1 is 1.16 bits per heavy atom. The van der Waals surface area contributed by atoms with Gasteiger partial charge in [-0.3, -0.25) is 9.52 Å². The monoisotopic (exact) mass is 438 g/mol. The third-order valence-corrected chi connectivity index (χ3v) is 6.14. The number of nitrogens with zero attached hydrogens (tertiary/aromatic N) is 3. The summed E-state index contributed by atoms with van der Waals surface area (Å²) in [7, 11) is -1.86. The number of carbonyl (C=O) groups is 1. The smallest absolute Gasteiger partial charge is 0.278 e. The van der Waals surface area contributed by atoms with E-state index >= 15 is 0 Å². The van der Waals surface area contributed by atoms with E-state index in [0.29, 0.717) is 29.1 Å². The predicted octanol–water partition coefficient (Wildman–Crippen LogP) is 2.90. The molecule has 0 spiro atoms. The topological polar surface area (TPSA) is 122 Å². The number of sulfonamides is 1. The van der Waals surface area contributed by atoms with Crippen LogP contribution in [0, 0.1) is 0 Å². The number of imidazole rings is 2. The van der Waals surface area contributed by atoms with Crippen LogP contribution in [0.2, 0.25) is 0 Å². The van der Waals surface area contributed by atoms with E-state index in [-0.39, 0.29) is 10.9 Å². The van der Waals surface area contributed by atoms with Crippen molar-refractivity contribution < 1.29 is 13.2 Å². The minimum atomic E-state index is -3.75. The number of fused-ring (bicyclic) bond motifs is 1. The molecule has 2 aromatic carbocycles. The van der Waals surface area contributed by atoms with Crippen molar-refractivity contribution in [1.82, 2.24) is 24.8 Å². The van der Waals surface area contributed by atoms with E-state index in [1.807, 2.05) is 36.7 Å². The van der Waals surface area contributed by atoms with E-state index < -0.39 is 10.0 Å². The van der Waals surface area contributed by atoms with Crippen molar-refractivity contribution in [3.05, 3.63) is 60.6 Å². The molecule has 4 rings (SSSR count). The quantitative estimate of drug-likeness (QED) is 0.410. The second-order valence-electron chi connectivity index (χ2n) is 7.05. The van der Waals surface area contributed by atoms with Crippen molar-refractivity contribution in [3.8, 4) is 11.4 Å². The lowest BCUT2D eigenvalue weighted by Gasteiger charge is -2.06. The summed E-state index contributed by atoms with van der Waals surface area (Å²) in [5.74, 6) is 0.608. The first-order valence-electron chi connectivity index (χ1n) is 9.75. The molecule has 10 heteroatoms. The Hall–Kier alpha value is -3.66. The first-order valence-corrected chi connectivity index (χ1v) is 11.2. The van der Waals surface area contributed by atoms with Gasteiger partial charge in [0.1, 0.15) is 5.82 Å². The molecule has 31 heavy (non-hydrogen) atoms. The van der Waals surface area contributed by atoms with Gasteiger partial charge in [0.15, 0.2) is 5.03 Å². The molecule has 0 atom stereocenters. The number of benzene rings is 2. The third kappa shape index (κ3) is 4.15. The Morgan fingerprint density at radius 3 is 2.61 bits per heavy atom. The highest BCUT2D eigenvalue weighted by molar-refractivity contribution is 7.92. The van der Waals surface area contributed by atoms with Crippen LogP contribution in [-0.4, -0.2) is 40.4 Å². The molecule has 2 heterocycles. The van der Waals surface area contributed by atoms with Crippen LogP contribution >= 0.6 is 0 Å². The molecule has 0 saturated carbocycles. The molecule has 1 amide bonds. The number of aryl methyl sites for hydroxylation is 1. The Morgan fingerprint density at radius 2 is 1.94 bits per heavy atom. The number of amides is 1. The summed E-state index contributed by atoms with van der Waals surface area (Å²) in [6, 6.07) is 12.4. The van der Waals surface area contributed by atoms with Crippen molar-refractivity contribution in [2.45, 2.75) is 18.4 Å². The van der Waals surface area contributed by atoms with E-state index in [9.17, 15) is 13.2 Å². The largest absolute Gasteiger partial charge is 0.352 e. The third-order valence-electron chi connectivity index (χ3n) is 4.84. The van der Waals surface area contributed by atoms with Gasteiger partial charge in [0.25, 0.3) is 15.9 Å². The zero-order valence-electron chi connectivity index (χ0n) is 17.1. The Kier molecular flexibility index (Phi) is 5.47. The molecule has 0 aliphatic rings. The molecule has 0 aliphatic carbocycles. The van der Waals surface area contributed by atoms with Gasteiger partial charge in [0.05, 0.1) is 29.2 Å². The van der Waals surface area contributed by atoms with Gasteiger partial charge in [-0.05, 0) is 36.8 Å². The zero-order valence-corrected chi connectivity index (χ0v) is 17.9. The molecule has 3 N–H and O–H groups in total. The fraction of sp³-hybridized carbons (Fsp3) is 0.190. The molecule has 2 aromatic heterocycles. The van der Waals surface area contributed by atoms with Crippen molar-refractivity contribution in [3.63, 3.8) is 0 Å². The minimum absolute atomic E-state index is 0.0163. The second kappa shape index (κ2) is 8.23. The van der Waals surface area contributed by atoms with E-state index in [2.05, 4.69) is 25.0 Å². The Labute approximate surface area is 179 Å². The van der Waals surface area contributed by atoms with Crippen molar-refractivity contribution >= 4 is 32.7 Å². The van der Waals surface area contributed by atoms with Gasteiger partial charge in [0.2, 0.25) is 0 Å². The highest BCUT2D eigenvalue weighted by Gasteiger charge is 2.17. The summed E-state index contributed by atoms with van der Waals surface area (Å²) < 4.78 is 29.3. The number of H-pyrrole nitrogens is 1. The first-order chi connectivity index (χ1) is 14.9. The van der Waals surface area contributed by atoms with Gasteiger partial charge in [-0.2, -0.15) is 8.42 Å². The second-order valence-corrected chi connectivity index (χ2v) is 8.70. The SMILES string of the molecule is CCCNC(=O)c1ccc(-c2nc3cc(NS(=O)(=O)c4cnc[nH]4)ccc3n2C)cc1. The van der Waals surface area contributed by atoms with Crippen molar-refractivity contribution in [2.24, 2.45) is 7.05 Å². The summed E-state index contributed by atoms with van der Waals surface area (Å²) in [5, 5.41) is 2.84. The maximum Gasteiger partial charge on any atom is 0.278 e. The Balaban J connectivity index is 1.61. The molecular formula is C21H22N6O3S. The number of aromatic nitrogens is 4. The van der Waals surface area contributed by atoms with Gasteiger partial charge in [-0.25, -0.2) is 9.97 Å². The first kappa shape index (κ1) is 20.6. The maximum absolute atomic E-state index is 12.4. The lowest BCUT2D eigenvalue weighted by molar-refractivity contribution is 0.0953. The van der Waals surface area contributed by atoms with Crippen LogP contribution in [0.15, 0.2) is 60.0 Å². The van der Waals surface area contributed by atoms with Crippen LogP contribution < -0.4 is 10.0 Å². The summed E-state index contributed by atoms with van der Waals surface area (Å²) in [5.41, 5.74) is 3.34. The number of rotatable bonds is 7. The molecule has 0 radical (unpaired) electrons. The van der Waals surface area contributed by atoms with Crippen LogP contribution in [0.25, 0.3) is 22.4 Å². The fourth-order valence-corrected chi connectivity index (χ4v) is 4.19. The van der Waals surface area contributed by atoms with E-state index in [1.165, 1.54) is 12.5 Å². The fourth-order valence-electron chi connectivity index (χ4n) is 3.23. The summed E-state index contributed by atoms with van der Waals surface area (Å²) in [6.07, 6.45) is 3.43. The number of nitrogens with one attached hydrogen (secondary N) is 3. The molecule has 0 unspecified atom stereocenters. The van der Waals surface area contributed by atoms with Crippen LogP contribution in [0.3, 0.4) is 0 Å². The summed E-state index contributed by atoms with van der Waals surface area (Å²) >= 11 is 0. The standard InChI is InChI=1S/C21H22N6O3S/c1-3-10-23-21(28)15-6-4-14(5-7-15)20-25-17-11-16(8-9-18(17)27(20)2)26-31(29,30)19-12-22-13-24-19/h4-9,11-13,26H,3,10H2,1-2H3,(H,22,24)(H,23,28). The number of aromatic amines is 1. The average Bonchev–Trinajstić information content (AvgIpc) is 3.41. The Bertz CT molecular complexity index is 1330. The summed E-state index contributed by atoms with van der Waals surface area (Å²) in [4.78, 5) is 23.1. The lowest BCUT2D eigenvalue weighted by atomic mass is 10.1. The lowest BCUT2D eigenvalue weighted by Crippen LogP contribution is -2.23. The average molecular weight is 439 g/mol. The van der Waals surface area contributed by atoms with Gasteiger partial charge in [0, 0.05) is 24.7 Å². The highest BCUT2D eigenvalue weighted by Crippen LogP contribution is 2.27. The maximum atomic E-state index is 12.4. The molecule has 0 bridgehead atoms. The van der Waals surface area contributed by atoms with E-state index in [1.54, 1.807) is 24.3 Å². The van der Waals surface area contributed by atoms with Gasteiger partial charge in [-0.15, -0.1) is 0 Å². The molecule has 0 fully saturated rings. The normalized spacial score (nSPS) is 11.5. The van der Waals surface area contributed by atoms with Crippen LogP contribution in [0.1, 0.15) is 23.7 Å².